The van der Waals surface area contributed by atoms with E-state index in [1.165, 1.54) is 15.3 Å². The van der Waals surface area contributed by atoms with E-state index in [4.69, 9.17) is 16.3 Å². The second kappa shape index (κ2) is 9.15. The lowest BCUT2D eigenvalue weighted by molar-refractivity contribution is 0.0302. The maximum absolute atomic E-state index is 12.8. The molecule has 3 aromatic rings. The van der Waals surface area contributed by atoms with Gasteiger partial charge in [-0.2, -0.15) is 0 Å². The Morgan fingerprint density at radius 1 is 1.00 bits per heavy atom. The second-order valence-electron chi connectivity index (χ2n) is 8.43. The van der Waals surface area contributed by atoms with E-state index >= 15 is 0 Å². The number of rotatable bonds is 3. The number of halogens is 1. The summed E-state index contributed by atoms with van der Waals surface area (Å²) in [5.41, 5.74) is 0.206. The first-order valence-corrected chi connectivity index (χ1v) is 11.5. The van der Waals surface area contributed by atoms with Crippen LogP contribution in [0.15, 0.2) is 34.2 Å². The number of anilines is 1. The largest absolute Gasteiger partial charge is 0.378 e. The molecule has 1 amide bonds. The SMILES string of the molecule is Cn1c(=O)c(=O)n(C2CCN(c3ncc(C(=O)N4CCOCC4)cn3)CC2)c2ncc(Cl)cc21. The van der Waals surface area contributed by atoms with E-state index in [1.807, 2.05) is 4.90 Å². The van der Waals surface area contributed by atoms with Crippen LogP contribution in [-0.4, -0.2) is 74.3 Å². The zero-order valence-corrected chi connectivity index (χ0v) is 19.4. The van der Waals surface area contributed by atoms with E-state index in [0.29, 0.717) is 79.9 Å². The topological polar surface area (TPSA) is 115 Å². The lowest BCUT2D eigenvalue weighted by atomic mass is 10.0. The average molecular weight is 486 g/mol. The molecule has 0 atom stereocenters. The number of aryl methyl sites for hydroxylation is 1. The summed E-state index contributed by atoms with van der Waals surface area (Å²) in [6.07, 6.45) is 5.82. The highest BCUT2D eigenvalue weighted by atomic mass is 35.5. The third-order valence-corrected chi connectivity index (χ3v) is 6.61. The summed E-state index contributed by atoms with van der Waals surface area (Å²) in [7, 11) is 1.54. The molecular weight excluding hydrogens is 462 g/mol. The molecule has 0 bridgehead atoms. The van der Waals surface area contributed by atoms with Crippen molar-refractivity contribution in [2.75, 3.05) is 44.3 Å². The van der Waals surface area contributed by atoms with Gasteiger partial charge in [-0.3, -0.25) is 19.0 Å². The number of amides is 1. The molecule has 178 valence electrons. The summed E-state index contributed by atoms with van der Waals surface area (Å²) in [5, 5.41) is 0.398. The molecule has 0 aliphatic carbocycles. The predicted molar refractivity (Wildman–Crippen MR) is 125 cm³/mol. The number of pyridine rings is 1. The number of carbonyl (C=O) groups is 1. The Hall–Kier alpha value is -3.31. The molecule has 34 heavy (non-hydrogen) atoms. The standard InChI is InChI=1S/C22H24ClN7O4/c1-27-17-10-15(23)13-24-18(17)30(21(33)20(27)32)16-2-4-29(5-3-16)22-25-11-14(12-26-22)19(31)28-6-8-34-9-7-28/h10-13,16H,2-9H2,1H3. The summed E-state index contributed by atoms with van der Waals surface area (Å²) < 4.78 is 8.08. The van der Waals surface area contributed by atoms with Crippen LogP contribution in [0.5, 0.6) is 0 Å². The highest BCUT2D eigenvalue weighted by Crippen LogP contribution is 2.26. The Bertz CT molecular complexity index is 1340. The fraction of sp³-hybridized carbons (Fsp3) is 0.455. The number of hydrogen-bond donors (Lipinski definition) is 0. The van der Waals surface area contributed by atoms with Crippen LogP contribution in [0.4, 0.5) is 5.95 Å². The first-order chi connectivity index (χ1) is 16.4. The van der Waals surface area contributed by atoms with Crippen LogP contribution in [0.3, 0.4) is 0 Å². The first-order valence-electron chi connectivity index (χ1n) is 11.1. The Kier molecular flexibility index (Phi) is 6.05. The van der Waals surface area contributed by atoms with Gasteiger partial charge >= 0.3 is 11.1 Å². The molecule has 2 fully saturated rings. The highest BCUT2D eigenvalue weighted by Gasteiger charge is 2.27. The monoisotopic (exact) mass is 485 g/mol. The molecule has 0 spiro atoms. The maximum Gasteiger partial charge on any atom is 0.318 e. The van der Waals surface area contributed by atoms with Crippen LogP contribution >= 0.6 is 11.6 Å². The van der Waals surface area contributed by atoms with Crippen molar-refractivity contribution in [3.8, 4) is 0 Å². The van der Waals surface area contributed by atoms with Crippen molar-refractivity contribution in [1.29, 1.82) is 0 Å². The molecule has 3 aromatic heterocycles. The quantitative estimate of drug-likeness (QED) is 0.501. The Balaban J connectivity index is 1.33. The summed E-state index contributed by atoms with van der Waals surface area (Å²) in [5.74, 6) is 0.432. The molecular formula is C22H24ClN7O4. The van der Waals surface area contributed by atoms with E-state index in [9.17, 15) is 14.4 Å². The van der Waals surface area contributed by atoms with Gasteiger partial charge in [0.15, 0.2) is 5.65 Å². The van der Waals surface area contributed by atoms with Crippen molar-refractivity contribution in [3.05, 3.63) is 56.0 Å². The number of aromatic nitrogens is 5. The van der Waals surface area contributed by atoms with Crippen LogP contribution in [0.1, 0.15) is 29.2 Å². The van der Waals surface area contributed by atoms with Crippen molar-refractivity contribution in [3.63, 3.8) is 0 Å². The molecule has 5 rings (SSSR count). The fourth-order valence-electron chi connectivity index (χ4n) is 4.51. The highest BCUT2D eigenvalue weighted by molar-refractivity contribution is 6.31. The van der Waals surface area contributed by atoms with E-state index in [1.54, 1.807) is 30.4 Å². The Labute approximate surface area is 199 Å². The van der Waals surface area contributed by atoms with Gasteiger partial charge in [-0.25, -0.2) is 15.0 Å². The molecule has 5 heterocycles. The number of carbonyl (C=O) groups excluding carboxylic acids is 1. The summed E-state index contributed by atoms with van der Waals surface area (Å²) >= 11 is 6.07. The van der Waals surface area contributed by atoms with Gasteiger partial charge in [0.2, 0.25) is 5.95 Å². The van der Waals surface area contributed by atoms with Crippen LogP contribution in [0, 0.1) is 0 Å². The normalized spacial score (nSPS) is 17.4. The molecule has 0 saturated carbocycles. The van der Waals surface area contributed by atoms with Gasteiger partial charge in [-0.1, -0.05) is 11.6 Å². The zero-order chi connectivity index (χ0) is 23.8. The molecule has 2 saturated heterocycles. The van der Waals surface area contributed by atoms with Gasteiger partial charge in [0.1, 0.15) is 0 Å². The van der Waals surface area contributed by atoms with Crippen LogP contribution in [0.2, 0.25) is 5.02 Å². The number of morpholine rings is 1. The minimum absolute atomic E-state index is 0.0990. The number of ether oxygens (including phenoxy) is 1. The summed E-state index contributed by atoms with van der Waals surface area (Å²) in [6, 6.07) is 1.46. The first kappa shape index (κ1) is 22.5. The predicted octanol–water partition coefficient (Wildman–Crippen LogP) is 0.853. The van der Waals surface area contributed by atoms with Crippen molar-refractivity contribution >= 4 is 34.6 Å². The molecule has 12 heteroatoms. The number of nitrogens with zero attached hydrogens (tertiary/aromatic N) is 7. The lowest BCUT2D eigenvalue weighted by Gasteiger charge is -2.33. The smallest absolute Gasteiger partial charge is 0.318 e. The maximum atomic E-state index is 12.8. The van der Waals surface area contributed by atoms with Crippen LogP contribution in [-0.2, 0) is 11.8 Å². The third-order valence-electron chi connectivity index (χ3n) is 6.41. The third kappa shape index (κ3) is 4.05. The minimum Gasteiger partial charge on any atom is -0.378 e. The zero-order valence-electron chi connectivity index (χ0n) is 18.7. The van der Waals surface area contributed by atoms with E-state index < -0.39 is 11.1 Å². The van der Waals surface area contributed by atoms with Crippen LogP contribution in [0.25, 0.3) is 11.2 Å². The second-order valence-corrected chi connectivity index (χ2v) is 8.87. The van der Waals surface area contributed by atoms with Gasteiger partial charge in [-0.15, -0.1) is 0 Å². The fourth-order valence-corrected chi connectivity index (χ4v) is 4.66. The van der Waals surface area contributed by atoms with Crippen molar-refractivity contribution in [2.45, 2.75) is 18.9 Å². The molecule has 0 N–H and O–H groups in total. The molecule has 0 radical (unpaired) electrons. The molecule has 11 nitrogen and oxygen atoms in total. The molecule has 2 aliphatic heterocycles. The minimum atomic E-state index is -0.608. The molecule has 2 aliphatic rings. The van der Waals surface area contributed by atoms with Crippen molar-refractivity contribution in [2.24, 2.45) is 7.05 Å². The number of piperidine rings is 1. The Morgan fingerprint density at radius 3 is 2.35 bits per heavy atom. The summed E-state index contributed by atoms with van der Waals surface area (Å²) in [6.45, 7) is 3.38. The van der Waals surface area contributed by atoms with Crippen molar-refractivity contribution in [1.82, 2.24) is 29.0 Å². The van der Waals surface area contributed by atoms with Gasteiger partial charge < -0.3 is 19.1 Å². The number of hydrogen-bond acceptors (Lipinski definition) is 8. The van der Waals surface area contributed by atoms with E-state index in [-0.39, 0.29) is 11.9 Å². The van der Waals surface area contributed by atoms with Gasteiger partial charge in [0.05, 0.1) is 29.3 Å². The van der Waals surface area contributed by atoms with Crippen molar-refractivity contribution < 1.29 is 9.53 Å². The van der Waals surface area contributed by atoms with Crippen LogP contribution < -0.4 is 16.0 Å². The van der Waals surface area contributed by atoms with E-state index in [0.717, 1.165) is 0 Å². The van der Waals surface area contributed by atoms with Gasteiger partial charge in [0, 0.05) is 57.9 Å². The van der Waals surface area contributed by atoms with Gasteiger partial charge in [0.25, 0.3) is 5.91 Å². The average Bonchev–Trinajstić information content (AvgIpc) is 2.88. The lowest BCUT2D eigenvalue weighted by Crippen LogP contribution is -2.45. The molecule has 0 unspecified atom stereocenters. The molecule has 0 aromatic carbocycles. The summed E-state index contributed by atoms with van der Waals surface area (Å²) in [4.78, 5) is 54.9. The Morgan fingerprint density at radius 2 is 1.68 bits per heavy atom. The number of fused-ring (bicyclic) bond motifs is 1. The van der Waals surface area contributed by atoms with E-state index in [2.05, 4.69) is 15.0 Å². The van der Waals surface area contributed by atoms with Gasteiger partial charge in [-0.05, 0) is 18.9 Å².